The van der Waals surface area contributed by atoms with Crippen LogP contribution in [0, 0.1) is 0 Å². The molecule has 0 fully saturated rings. The Balaban J connectivity index is 2.17. The number of carbonyl (C=O) groups excluding carboxylic acids is 2. The van der Waals surface area contributed by atoms with Crippen molar-refractivity contribution < 1.29 is 27.5 Å². The fourth-order valence-electron chi connectivity index (χ4n) is 3.65. The smallest absolute Gasteiger partial charge is 0.242 e. The number of carbonyl (C=O) groups is 2. The number of amides is 2. The molecule has 9 nitrogen and oxygen atoms in total. The summed E-state index contributed by atoms with van der Waals surface area (Å²) in [5, 5.41) is 3.03. The third-order valence-corrected chi connectivity index (χ3v) is 7.10. The number of ether oxygens (including phenoxy) is 2. The monoisotopic (exact) mass is 539 g/mol. The van der Waals surface area contributed by atoms with Crippen LogP contribution in [0.15, 0.2) is 42.5 Å². The van der Waals surface area contributed by atoms with Gasteiger partial charge >= 0.3 is 0 Å². The van der Waals surface area contributed by atoms with Crippen molar-refractivity contribution in [3.63, 3.8) is 0 Å². The molecule has 0 aliphatic heterocycles. The van der Waals surface area contributed by atoms with Crippen LogP contribution < -0.4 is 19.1 Å². The van der Waals surface area contributed by atoms with Crippen LogP contribution in [0.5, 0.6) is 11.5 Å². The number of nitrogens with zero attached hydrogens (tertiary/aromatic N) is 2. The standard InChI is InChI=1S/C25H34ClN3O6S/c1-6-27-25(31)18(2)28(17-19-9-12-21(34-3)13-10-19)24(30)8-7-15-29(36(5,32)33)20-11-14-23(35-4)22(26)16-20/h9-14,16,18H,6-8,15,17H2,1-5H3,(H,27,31). The van der Waals surface area contributed by atoms with E-state index < -0.39 is 16.1 Å². The first kappa shape index (κ1) is 29.3. The van der Waals surface area contributed by atoms with Crippen LogP contribution in [0.4, 0.5) is 5.69 Å². The summed E-state index contributed by atoms with van der Waals surface area (Å²) in [5.74, 6) is 0.598. The highest BCUT2D eigenvalue weighted by Gasteiger charge is 2.26. The summed E-state index contributed by atoms with van der Waals surface area (Å²) >= 11 is 6.18. The van der Waals surface area contributed by atoms with E-state index in [1.54, 1.807) is 38.3 Å². The van der Waals surface area contributed by atoms with Gasteiger partial charge in [-0.05, 0) is 56.2 Å². The van der Waals surface area contributed by atoms with Gasteiger partial charge in [-0.1, -0.05) is 23.7 Å². The predicted molar refractivity (Wildman–Crippen MR) is 141 cm³/mol. The highest BCUT2D eigenvalue weighted by Crippen LogP contribution is 2.30. The molecule has 0 saturated carbocycles. The van der Waals surface area contributed by atoms with Gasteiger partial charge in [0.25, 0.3) is 0 Å². The molecule has 2 amide bonds. The van der Waals surface area contributed by atoms with Crippen LogP contribution >= 0.6 is 11.6 Å². The number of methoxy groups -OCH3 is 2. The Hall–Kier alpha value is -2.98. The average molecular weight is 540 g/mol. The normalized spacial score (nSPS) is 11.9. The number of halogens is 1. The number of hydrogen-bond acceptors (Lipinski definition) is 6. The first-order chi connectivity index (χ1) is 17.0. The molecular formula is C25H34ClN3O6S. The molecule has 198 valence electrons. The fourth-order valence-corrected chi connectivity index (χ4v) is 4.86. The number of likely N-dealkylation sites (N-methyl/N-ethyl adjacent to an activating group) is 1. The third kappa shape index (κ3) is 8.03. The molecule has 0 aliphatic rings. The van der Waals surface area contributed by atoms with Gasteiger partial charge < -0.3 is 19.7 Å². The van der Waals surface area contributed by atoms with Gasteiger partial charge in [0.15, 0.2) is 0 Å². The number of hydrogen-bond donors (Lipinski definition) is 1. The Kier molecular flexibility index (Phi) is 10.9. The minimum Gasteiger partial charge on any atom is -0.497 e. The van der Waals surface area contributed by atoms with E-state index in [0.717, 1.165) is 11.8 Å². The van der Waals surface area contributed by atoms with Crippen LogP contribution in [-0.2, 0) is 26.2 Å². The predicted octanol–water partition coefficient (Wildman–Crippen LogP) is 3.46. The lowest BCUT2D eigenvalue weighted by atomic mass is 10.1. The van der Waals surface area contributed by atoms with Crippen molar-refractivity contribution in [2.24, 2.45) is 0 Å². The maximum absolute atomic E-state index is 13.2. The zero-order valence-corrected chi connectivity index (χ0v) is 22.9. The molecule has 0 saturated heterocycles. The molecule has 11 heteroatoms. The van der Waals surface area contributed by atoms with Gasteiger partial charge in [0.05, 0.1) is 31.2 Å². The van der Waals surface area contributed by atoms with Crippen molar-refractivity contribution in [2.45, 2.75) is 39.3 Å². The Labute approximate surface area is 218 Å². The van der Waals surface area contributed by atoms with E-state index in [9.17, 15) is 18.0 Å². The van der Waals surface area contributed by atoms with Crippen LogP contribution in [0.25, 0.3) is 0 Å². The Morgan fingerprint density at radius 1 is 1.08 bits per heavy atom. The largest absolute Gasteiger partial charge is 0.497 e. The summed E-state index contributed by atoms with van der Waals surface area (Å²) in [4.78, 5) is 27.3. The maximum Gasteiger partial charge on any atom is 0.242 e. The number of rotatable bonds is 13. The second-order valence-corrected chi connectivity index (χ2v) is 10.5. The van der Waals surface area contributed by atoms with Gasteiger partial charge in [-0.2, -0.15) is 0 Å². The lowest BCUT2D eigenvalue weighted by Gasteiger charge is -2.29. The lowest BCUT2D eigenvalue weighted by molar-refractivity contribution is -0.140. The quantitative estimate of drug-likeness (QED) is 0.418. The second kappa shape index (κ2) is 13.4. The molecule has 1 unspecified atom stereocenters. The highest BCUT2D eigenvalue weighted by atomic mass is 35.5. The van der Waals surface area contributed by atoms with Crippen molar-refractivity contribution in [2.75, 3.05) is 37.9 Å². The van der Waals surface area contributed by atoms with Gasteiger partial charge in [0.1, 0.15) is 17.5 Å². The lowest BCUT2D eigenvalue weighted by Crippen LogP contribution is -2.47. The number of benzene rings is 2. The van der Waals surface area contributed by atoms with Gasteiger partial charge in [-0.15, -0.1) is 0 Å². The SMILES string of the molecule is CCNC(=O)C(C)N(Cc1ccc(OC)cc1)C(=O)CCCN(c1ccc(OC)c(Cl)c1)S(C)(=O)=O. The molecule has 1 atom stereocenters. The summed E-state index contributed by atoms with van der Waals surface area (Å²) in [6.45, 7) is 4.23. The van der Waals surface area contributed by atoms with Gasteiger partial charge in [-0.3, -0.25) is 13.9 Å². The minimum atomic E-state index is -3.63. The van der Waals surface area contributed by atoms with Crippen molar-refractivity contribution in [3.05, 3.63) is 53.1 Å². The minimum absolute atomic E-state index is 0.0514. The zero-order chi connectivity index (χ0) is 26.9. The molecule has 0 bridgehead atoms. The van der Waals surface area contributed by atoms with E-state index in [0.29, 0.717) is 23.7 Å². The van der Waals surface area contributed by atoms with E-state index in [4.69, 9.17) is 21.1 Å². The van der Waals surface area contributed by atoms with Crippen LogP contribution in [0.1, 0.15) is 32.3 Å². The van der Waals surface area contributed by atoms with E-state index in [1.165, 1.54) is 22.4 Å². The third-order valence-electron chi connectivity index (χ3n) is 5.61. The molecular weight excluding hydrogens is 506 g/mol. The average Bonchev–Trinajstić information content (AvgIpc) is 2.84. The summed E-state index contributed by atoms with van der Waals surface area (Å²) in [5.41, 5.74) is 1.22. The van der Waals surface area contributed by atoms with Crippen molar-refractivity contribution in [1.29, 1.82) is 0 Å². The second-order valence-electron chi connectivity index (χ2n) is 8.20. The van der Waals surface area contributed by atoms with Gasteiger partial charge in [-0.25, -0.2) is 8.42 Å². The highest BCUT2D eigenvalue weighted by molar-refractivity contribution is 7.92. The molecule has 0 radical (unpaired) electrons. The van der Waals surface area contributed by atoms with Crippen LogP contribution in [0.2, 0.25) is 5.02 Å². The first-order valence-electron chi connectivity index (χ1n) is 11.5. The zero-order valence-electron chi connectivity index (χ0n) is 21.3. The molecule has 2 aromatic rings. The van der Waals surface area contributed by atoms with Crippen LogP contribution in [-0.4, -0.2) is 64.7 Å². The summed E-state index contributed by atoms with van der Waals surface area (Å²) in [6, 6.07) is 11.2. The molecule has 36 heavy (non-hydrogen) atoms. The molecule has 0 aromatic heterocycles. The fraction of sp³-hybridized carbons (Fsp3) is 0.440. The molecule has 0 heterocycles. The van der Waals surface area contributed by atoms with E-state index in [-0.39, 0.29) is 42.8 Å². The molecule has 2 aromatic carbocycles. The number of anilines is 1. The maximum atomic E-state index is 13.2. The van der Waals surface area contributed by atoms with Crippen LogP contribution in [0.3, 0.4) is 0 Å². The van der Waals surface area contributed by atoms with Crippen molar-refractivity contribution in [1.82, 2.24) is 10.2 Å². The topological polar surface area (TPSA) is 105 Å². The van der Waals surface area contributed by atoms with Gasteiger partial charge in [0, 0.05) is 26.1 Å². The first-order valence-corrected chi connectivity index (χ1v) is 13.8. The Bertz CT molecular complexity index is 1140. The van der Waals surface area contributed by atoms with Gasteiger partial charge in [0.2, 0.25) is 21.8 Å². The number of sulfonamides is 1. The van der Waals surface area contributed by atoms with Crippen molar-refractivity contribution >= 4 is 39.1 Å². The summed E-state index contributed by atoms with van der Waals surface area (Å²) in [6.07, 6.45) is 1.40. The summed E-state index contributed by atoms with van der Waals surface area (Å²) < 4.78 is 36.4. The van der Waals surface area contributed by atoms with E-state index in [1.807, 2.05) is 19.1 Å². The molecule has 0 aliphatic carbocycles. The van der Waals surface area contributed by atoms with E-state index >= 15 is 0 Å². The summed E-state index contributed by atoms with van der Waals surface area (Å²) in [7, 11) is -0.588. The van der Waals surface area contributed by atoms with E-state index in [2.05, 4.69) is 5.32 Å². The molecule has 1 N–H and O–H groups in total. The molecule has 2 rings (SSSR count). The number of nitrogens with one attached hydrogen (secondary N) is 1. The molecule has 0 spiro atoms. The Morgan fingerprint density at radius 2 is 1.75 bits per heavy atom. The van der Waals surface area contributed by atoms with Crippen molar-refractivity contribution in [3.8, 4) is 11.5 Å². The Morgan fingerprint density at radius 3 is 2.28 bits per heavy atom.